The molecule has 2 heterocycles. The maximum atomic E-state index is 12.6. The molecule has 0 bridgehead atoms. The highest BCUT2D eigenvalue weighted by atomic mass is 16.5. The van der Waals surface area contributed by atoms with Crippen molar-refractivity contribution in [3.63, 3.8) is 0 Å². The third kappa shape index (κ3) is 3.79. The van der Waals surface area contributed by atoms with Gasteiger partial charge in [0.2, 0.25) is 5.89 Å². The zero-order chi connectivity index (χ0) is 20.4. The molecule has 0 spiro atoms. The smallest absolute Gasteiger partial charge is 0.258 e. The highest BCUT2D eigenvalue weighted by Gasteiger charge is 2.15. The number of nitrogens with one attached hydrogen (secondary N) is 1. The summed E-state index contributed by atoms with van der Waals surface area (Å²) in [6.07, 6.45) is 0. The van der Waals surface area contributed by atoms with Crippen molar-refractivity contribution in [2.75, 3.05) is 20.8 Å². The Balaban J connectivity index is 1.61. The molecular formula is C21H22N4O4. The van der Waals surface area contributed by atoms with Gasteiger partial charge in [-0.15, -0.1) is 0 Å². The minimum atomic E-state index is -0.219. The summed E-state index contributed by atoms with van der Waals surface area (Å²) in [6, 6.07) is 11.0. The molecule has 0 saturated carbocycles. The number of methoxy groups -OCH3 is 2. The van der Waals surface area contributed by atoms with E-state index in [0.29, 0.717) is 47.2 Å². The van der Waals surface area contributed by atoms with Crippen molar-refractivity contribution in [2.45, 2.75) is 20.0 Å². The van der Waals surface area contributed by atoms with E-state index < -0.39 is 0 Å². The van der Waals surface area contributed by atoms with Crippen LogP contribution in [0.15, 0.2) is 45.6 Å². The molecule has 0 aliphatic carbocycles. The number of nitrogens with zero attached hydrogens (tertiary/aromatic N) is 3. The third-order valence-electron chi connectivity index (χ3n) is 4.78. The maximum absolute atomic E-state index is 12.6. The number of para-hydroxylation sites is 2. The van der Waals surface area contributed by atoms with E-state index in [-0.39, 0.29) is 5.56 Å². The van der Waals surface area contributed by atoms with Gasteiger partial charge >= 0.3 is 0 Å². The van der Waals surface area contributed by atoms with E-state index in [1.807, 2.05) is 31.2 Å². The molecule has 29 heavy (non-hydrogen) atoms. The molecule has 8 heteroatoms. The fraction of sp³-hybridized carbons (Fsp3) is 0.286. The average Bonchev–Trinajstić information content (AvgIpc) is 3.14. The van der Waals surface area contributed by atoms with E-state index in [1.54, 1.807) is 19.2 Å². The summed E-state index contributed by atoms with van der Waals surface area (Å²) >= 11 is 0. The van der Waals surface area contributed by atoms with Crippen molar-refractivity contribution in [3.05, 3.63) is 58.5 Å². The topological polar surface area (TPSA) is 93.5 Å². The molecule has 8 nitrogen and oxygen atoms in total. The lowest BCUT2D eigenvalue weighted by Crippen LogP contribution is -2.25. The molecule has 0 aliphatic heterocycles. The molecule has 0 saturated heterocycles. The van der Waals surface area contributed by atoms with E-state index >= 15 is 0 Å². The predicted molar refractivity (Wildman–Crippen MR) is 109 cm³/mol. The summed E-state index contributed by atoms with van der Waals surface area (Å²) in [5, 5.41) is 0.452. The van der Waals surface area contributed by atoms with Gasteiger partial charge in [-0.2, -0.15) is 0 Å². The molecule has 4 rings (SSSR count). The lowest BCUT2D eigenvalue weighted by atomic mass is 10.2. The minimum absolute atomic E-state index is 0.219. The van der Waals surface area contributed by atoms with Gasteiger partial charge in [0.25, 0.3) is 5.56 Å². The zero-order valence-electron chi connectivity index (χ0n) is 16.6. The van der Waals surface area contributed by atoms with E-state index in [2.05, 4.69) is 19.9 Å². The largest absolute Gasteiger partial charge is 0.493 e. The molecule has 0 aliphatic rings. The molecular weight excluding hydrogens is 372 g/mol. The summed E-state index contributed by atoms with van der Waals surface area (Å²) in [5.41, 5.74) is 1.93. The Kier molecular flexibility index (Phi) is 5.18. The van der Waals surface area contributed by atoms with E-state index in [4.69, 9.17) is 13.9 Å². The van der Waals surface area contributed by atoms with Gasteiger partial charge in [0.15, 0.2) is 17.1 Å². The second kappa shape index (κ2) is 7.92. The maximum Gasteiger partial charge on any atom is 0.258 e. The Morgan fingerprint density at radius 2 is 1.79 bits per heavy atom. The zero-order valence-corrected chi connectivity index (χ0v) is 16.6. The number of benzene rings is 2. The molecule has 0 fully saturated rings. The molecule has 2 aromatic carbocycles. The van der Waals surface area contributed by atoms with Crippen LogP contribution in [0.25, 0.3) is 22.0 Å². The summed E-state index contributed by atoms with van der Waals surface area (Å²) < 4.78 is 16.4. The highest BCUT2D eigenvalue weighted by Crippen LogP contribution is 2.30. The first-order valence-electron chi connectivity index (χ1n) is 9.33. The van der Waals surface area contributed by atoms with E-state index in [9.17, 15) is 4.79 Å². The van der Waals surface area contributed by atoms with Crippen LogP contribution >= 0.6 is 0 Å². The molecule has 0 atom stereocenters. The molecule has 0 radical (unpaired) electrons. The number of hydrogen-bond donors (Lipinski definition) is 1. The van der Waals surface area contributed by atoms with Crippen LogP contribution in [-0.4, -0.2) is 40.6 Å². The Labute approximate surface area is 167 Å². The molecule has 2 aromatic heterocycles. The van der Waals surface area contributed by atoms with Crippen molar-refractivity contribution >= 4 is 22.0 Å². The van der Waals surface area contributed by atoms with Crippen LogP contribution in [0.1, 0.15) is 18.6 Å². The third-order valence-corrected chi connectivity index (χ3v) is 4.78. The number of oxazole rings is 1. The highest BCUT2D eigenvalue weighted by molar-refractivity contribution is 5.81. The Bertz CT molecular complexity index is 1180. The molecule has 0 unspecified atom stereocenters. The minimum Gasteiger partial charge on any atom is -0.493 e. The van der Waals surface area contributed by atoms with Gasteiger partial charge < -0.3 is 18.9 Å². The van der Waals surface area contributed by atoms with Gasteiger partial charge in [0.05, 0.1) is 38.2 Å². The monoisotopic (exact) mass is 394 g/mol. The normalized spacial score (nSPS) is 11.4. The second-order valence-corrected chi connectivity index (χ2v) is 6.62. The first kappa shape index (κ1) is 18.9. The summed E-state index contributed by atoms with van der Waals surface area (Å²) in [5.74, 6) is 2.21. The van der Waals surface area contributed by atoms with Crippen molar-refractivity contribution in [3.8, 4) is 11.5 Å². The molecule has 0 amide bonds. The number of fused-ring (bicyclic) bond motifs is 2. The number of aromatic nitrogens is 3. The van der Waals surface area contributed by atoms with Crippen molar-refractivity contribution in [1.29, 1.82) is 0 Å². The number of aromatic amines is 1. The van der Waals surface area contributed by atoms with E-state index in [0.717, 1.165) is 17.6 Å². The quantitative estimate of drug-likeness (QED) is 0.515. The van der Waals surface area contributed by atoms with Gasteiger partial charge in [-0.1, -0.05) is 19.1 Å². The van der Waals surface area contributed by atoms with Crippen LogP contribution in [0.4, 0.5) is 0 Å². The molecule has 4 aromatic rings. The average molecular weight is 394 g/mol. The standard InChI is InChI=1S/C21H22N4O4/c1-4-25(12-20-23-14-7-5-6-8-16(14)29-20)11-19-22-15-10-18(28-3)17(27-2)9-13(15)21(26)24-19/h5-10H,4,11-12H2,1-3H3,(H,22,24,26). The number of H-pyrrole nitrogens is 1. The van der Waals surface area contributed by atoms with Crippen LogP contribution < -0.4 is 15.0 Å². The number of rotatable bonds is 7. The fourth-order valence-corrected chi connectivity index (χ4v) is 3.26. The first-order chi connectivity index (χ1) is 14.1. The van der Waals surface area contributed by atoms with Gasteiger partial charge in [0.1, 0.15) is 11.3 Å². The summed E-state index contributed by atoms with van der Waals surface area (Å²) in [6.45, 7) is 3.75. The molecule has 150 valence electrons. The SMILES string of the molecule is CCN(Cc1nc2cc(OC)c(OC)cc2c(=O)[nH]1)Cc1nc2ccccc2o1. The van der Waals surface area contributed by atoms with Crippen molar-refractivity contribution in [2.24, 2.45) is 0 Å². The fourth-order valence-electron chi connectivity index (χ4n) is 3.26. The van der Waals surface area contributed by atoms with Crippen LogP contribution in [0.3, 0.4) is 0 Å². The van der Waals surface area contributed by atoms with Gasteiger partial charge in [-0.05, 0) is 24.7 Å². The van der Waals surface area contributed by atoms with Crippen molar-refractivity contribution in [1.82, 2.24) is 19.9 Å². The van der Waals surface area contributed by atoms with Crippen LogP contribution in [0.5, 0.6) is 11.5 Å². The Morgan fingerprint density at radius 3 is 2.52 bits per heavy atom. The lowest BCUT2D eigenvalue weighted by molar-refractivity contribution is 0.240. The lowest BCUT2D eigenvalue weighted by Gasteiger charge is -2.18. The van der Waals surface area contributed by atoms with Crippen LogP contribution in [0.2, 0.25) is 0 Å². The second-order valence-electron chi connectivity index (χ2n) is 6.62. The van der Waals surface area contributed by atoms with E-state index in [1.165, 1.54) is 7.11 Å². The van der Waals surface area contributed by atoms with Gasteiger partial charge in [-0.25, -0.2) is 9.97 Å². The van der Waals surface area contributed by atoms with Gasteiger partial charge in [-0.3, -0.25) is 9.69 Å². The number of ether oxygens (including phenoxy) is 2. The van der Waals surface area contributed by atoms with Gasteiger partial charge in [0, 0.05) is 6.07 Å². The van der Waals surface area contributed by atoms with Crippen LogP contribution in [-0.2, 0) is 13.1 Å². The number of hydrogen-bond acceptors (Lipinski definition) is 7. The summed E-state index contributed by atoms with van der Waals surface area (Å²) in [7, 11) is 3.09. The first-order valence-corrected chi connectivity index (χ1v) is 9.33. The van der Waals surface area contributed by atoms with Crippen molar-refractivity contribution < 1.29 is 13.9 Å². The Morgan fingerprint density at radius 1 is 1.03 bits per heavy atom. The molecule has 1 N–H and O–H groups in total. The predicted octanol–water partition coefficient (Wildman–Crippen LogP) is 3.10. The summed E-state index contributed by atoms with van der Waals surface area (Å²) in [4.78, 5) is 26.7. The Hall–Kier alpha value is -3.39. The van der Waals surface area contributed by atoms with Crippen LogP contribution in [0, 0.1) is 0 Å².